The van der Waals surface area contributed by atoms with E-state index in [1.54, 1.807) is 0 Å². The van der Waals surface area contributed by atoms with Gasteiger partial charge in [-0.25, -0.2) is 4.98 Å². The maximum Gasteiger partial charge on any atom is 0.112 e. The van der Waals surface area contributed by atoms with Crippen molar-refractivity contribution in [1.29, 1.82) is 0 Å². The summed E-state index contributed by atoms with van der Waals surface area (Å²) in [5.41, 5.74) is 4.90. The van der Waals surface area contributed by atoms with Crippen molar-refractivity contribution in [3.8, 4) is 0 Å². The molecule has 0 amide bonds. The van der Waals surface area contributed by atoms with Crippen molar-refractivity contribution in [2.75, 3.05) is 13.1 Å². The number of nitrogens with zero attached hydrogens (tertiary/aromatic N) is 1. The zero-order valence-corrected chi connectivity index (χ0v) is 9.09. The molecule has 1 aliphatic heterocycles. The van der Waals surface area contributed by atoms with Crippen molar-refractivity contribution in [3.05, 3.63) is 29.1 Å². The van der Waals surface area contributed by atoms with Crippen LogP contribution in [0.5, 0.6) is 0 Å². The highest BCUT2D eigenvalue weighted by atomic mass is 15.0. The van der Waals surface area contributed by atoms with Gasteiger partial charge in [-0.3, -0.25) is 0 Å². The van der Waals surface area contributed by atoms with Crippen LogP contribution in [-0.4, -0.2) is 23.1 Å². The molecule has 0 bridgehead atoms. The number of hydrogen-bond donors (Lipinski definition) is 2. The van der Waals surface area contributed by atoms with Crippen molar-refractivity contribution in [3.63, 3.8) is 0 Å². The zero-order chi connectivity index (χ0) is 10.4. The minimum Gasteiger partial charge on any atom is -0.342 e. The number of aromatic nitrogens is 2. The van der Waals surface area contributed by atoms with Crippen LogP contribution in [0.2, 0.25) is 0 Å². The molecular weight excluding hydrogens is 186 g/mol. The molecule has 1 aromatic carbocycles. The lowest BCUT2D eigenvalue weighted by atomic mass is 10.0. The molecule has 3 nitrogen and oxygen atoms in total. The fourth-order valence-corrected chi connectivity index (χ4v) is 1.96. The van der Waals surface area contributed by atoms with Gasteiger partial charge in [0.05, 0.1) is 11.0 Å². The summed E-state index contributed by atoms with van der Waals surface area (Å²) in [5.74, 6) is 1.71. The number of benzene rings is 1. The van der Waals surface area contributed by atoms with E-state index in [9.17, 15) is 0 Å². The van der Waals surface area contributed by atoms with E-state index in [-0.39, 0.29) is 0 Å². The second-order valence-electron chi connectivity index (χ2n) is 4.43. The van der Waals surface area contributed by atoms with Crippen molar-refractivity contribution in [1.82, 2.24) is 15.3 Å². The van der Waals surface area contributed by atoms with Gasteiger partial charge in [-0.2, -0.15) is 0 Å². The molecule has 0 aliphatic carbocycles. The molecule has 1 saturated heterocycles. The van der Waals surface area contributed by atoms with E-state index in [2.05, 4.69) is 41.3 Å². The van der Waals surface area contributed by atoms with Crippen LogP contribution in [0.4, 0.5) is 0 Å². The molecule has 1 aliphatic rings. The van der Waals surface area contributed by atoms with Crippen LogP contribution < -0.4 is 5.32 Å². The van der Waals surface area contributed by atoms with Gasteiger partial charge in [-0.05, 0) is 37.1 Å². The first-order valence-corrected chi connectivity index (χ1v) is 5.41. The van der Waals surface area contributed by atoms with Gasteiger partial charge in [0.2, 0.25) is 0 Å². The minimum atomic E-state index is 0.581. The van der Waals surface area contributed by atoms with E-state index in [1.807, 2.05) is 0 Å². The average Bonchev–Trinajstić information content (AvgIpc) is 2.45. The molecule has 0 unspecified atom stereocenters. The Morgan fingerprint density at radius 1 is 1.20 bits per heavy atom. The van der Waals surface area contributed by atoms with Gasteiger partial charge in [-0.15, -0.1) is 0 Å². The van der Waals surface area contributed by atoms with Gasteiger partial charge >= 0.3 is 0 Å². The minimum absolute atomic E-state index is 0.581. The van der Waals surface area contributed by atoms with Gasteiger partial charge in [0, 0.05) is 19.0 Å². The van der Waals surface area contributed by atoms with Crippen LogP contribution in [0, 0.1) is 13.8 Å². The predicted molar refractivity (Wildman–Crippen MR) is 61.2 cm³/mol. The lowest BCUT2D eigenvalue weighted by molar-refractivity contribution is 0.433. The summed E-state index contributed by atoms with van der Waals surface area (Å²) in [4.78, 5) is 8.06. The highest BCUT2D eigenvalue weighted by Crippen LogP contribution is 2.22. The summed E-state index contributed by atoms with van der Waals surface area (Å²) in [6, 6.07) is 4.35. The van der Waals surface area contributed by atoms with E-state index in [0.29, 0.717) is 5.92 Å². The Bertz CT molecular complexity index is 470. The van der Waals surface area contributed by atoms with E-state index < -0.39 is 0 Å². The quantitative estimate of drug-likeness (QED) is 0.739. The topological polar surface area (TPSA) is 40.7 Å². The van der Waals surface area contributed by atoms with Crippen LogP contribution in [0.25, 0.3) is 11.0 Å². The number of nitrogens with one attached hydrogen (secondary N) is 2. The van der Waals surface area contributed by atoms with Crippen molar-refractivity contribution >= 4 is 11.0 Å². The summed E-state index contributed by atoms with van der Waals surface area (Å²) < 4.78 is 0. The molecule has 1 fully saturated rings. The molecule has 3 rings (SSSR count). The van der Waals surface area contributed by atoms with Crippen LogP contribution >= 0.6 is 0 Å². The lowest BCUT2D eigenvalue weighted by Crippen LogP contribution is -2.40. The molecule has 0 radical (unpaired) electrons. The first kappa shape index (κ1) is 8.92. The molecule has 15 heavy (non-hydrogen) atoms. The molecule has 0 spiro atoms. The van der Waals surface area contributed by atoms with E-state index in [1.165, 1.54) is 16.6 Å². The second-order valence-corrected chi connectivity index (χ2v) is 4.43. The fraction of sp³-hybridized carbons (Fsp3) is 0.417. The summed E-state index contributed by atoms with van der Waals surface area (Å²) in [7, 11) is 0. The largest absolute Gasteiger partial charge is 0.342 e. The number of aromatic amines is 1. The van der Waals surface area contributed by atoms with Gasteiger partial charge in [0.25, 0.3) is 0 Å². The van der Waals surface area contributed by atoms with Crippen LogP contribution in [0.3, 0.4) is 0 Å². The first-order chi connectivity index (χ1) is 7.24. The molecular formula is C12H15N3. The molecule has 1 aromatic heterocycles. The number of hydrogen-bond acceptors (Lipinski definition) is 2. The highest BCUT2D eigenvalue weighted by molar-refractivity contribution is 5.77. The molecule has 2 N–H and O–H groups in total. The second kappa shape index (κ2) is 3.07. The molecule has 2 heterocycles. The normalized spacial score (nSPS) is 16.9. The molecule has 2 aromatic rings. The highest BCUT2D eigenvalue weighted by Gasteiger charge is 2.22. The van der Waals surface area contributed by atoms with Gasteiger partial charge in [0.15, 0.2) is 0 Å². The smallest absolute Gasteiger partial charge is 0.112 e. The Kier molecular flexibility index (Phi) is 1.83. The number of fused-ring (bicyclic) bond motifs is 1. The molecule has 0 atom stereocenters. The number of H-pyrrole nitrogens is 1. The maximum atomic E-state index is 4.64. The van der Waals surface area contributed by atoms with Gasteiger partial charge < -0.3 is 10.3 Å². The zero-order valence-electron chi connectivity index (χ0n) is 9.09. The summed E-state index contributed by atoms with van der Waals surface area (Å²) >= 11 is 0. The van der Waals surface area contributed by atoms with Crippen molar-refractivity contribution in [2.24, 2.45) is 0 Å². The Morgan fingerprint density at radius 3 is 2.60 bits per heavy atom. The van der Waals surface area contributed by atoms with Gasteiger partial charge in [-0.1, -0.05) is 0 Å². The number of aryl methyl sites for hydroxylation is 2. The van der Waals surface area contributed by atoms with Crippen molar-refractivity contribution in [2.45, 2.75) is 19.8 Å². The third kappa shape index (κ3) is 1.35. The monoisotopic (exact) mass is 201 g/mol. The maximum absolute atomic E-state index is 4.64. The Morgan fingerprint density at radius 2 is 1.93 bits per heavy atom. The number of rotatable bonds is 1. The SMILES string of the molecule is Cc1cc2nc(C3CNC3)[nH]c2cc1C. The third-order valence-corrected chi connectivity index (χ3v) is 3.28. The van der Waals surface area contributed by atoms with Crippen molar-refractivity contribution < 1.29 is 0 Å². The summed E-state index contributed by atoms with van der Waals surface area (Å²) in [6.07, 6.45) is 0. The van der Waals surface area contributed by atoms with E-state index >= 15 is 0 Å². The molecule has 3 heteroatoms. The first-order valence-electron chi connectivity index (χ1n) is 5.41. The predicted octanol–water partition coefficient (Wildman–Crippen LogP) is 1.87. The van der Waals surface area contributed by atoms with Crippen LogP contribution in [-0.2, 0) is 0 Å². The Balaban J connectivity index is 2.12. The van der Waals surface area contributed by atoms with Crippen LogP contribution in [0.15, 0.2) is 12.1 Å². The Hall–Kier alpha value is -1.35. The fourth-order valence-electron chi connectivity index (χ4n) is 1.96. The molecule has 0 saturated carbocycles. The summed E-state index contributed by atoms with van der Waals surface area (Å²) in [5, 5.41) is 3.27. The third-order valence-electron chi connectivity index (χ3n) is 3.28. The van der Waals surface area contributed by atoms with E-state index in [4.69, 9.17) is 0 Å². The van der Waals surface area contributed by atoms with E-state index in [0.717, 1.165) is 24.4 Å². The molecule has 78 valence electrons. The Labute approximate surface area is 88.9 Å². The summed E-state index contributed by atoms with van der Waals surface area (Å²) in [6.45, 7) is 6.38. The number of imidazole rings is 1. The average molecular weight is 201 g/mol. The van der Waals surface area contributed by atoms with Gasteiger partial charge in [0.1, 0.15) is 5.82 Å². The van der Waals surface area contributed by atoms with Crippen LogP contribution in [0.1, 0.15) is 22.9 Å². The standard InChI is InChI=1S/C12H15N3/c1-7-3-10-11(4-8(7)2)15-12(14-10)9-5-13-6-9/h3-4,9,13H,5-6H2,1-2H3,(H,14,15). The lowest BCUT2D eigenvalue weighted by Gasteiger charge is -2.24.